The summed E-state index contributed by atoms with van der Waals surface area (Å²) in [5.41, 5.74) is 1.01. The van der Waals surface area contributed by atoms with Gasteiger partial charge in [-0.25, -0.2) is 9.97 Å². The smallest absolute Gasteiger partial charge is 0.196 e. The average Bonchev–Trinajstić information content (AvgIpc) is 3.56. The molecule has 0 unspecified atom stereocenters. The van der Waals surface area contributed by atoms with Crippen LogP contribution < -0.4 is 10.2 Å². The van der Waals surface area contributed by atoms with E-state index < -0.39 is 0 Å². The Morgan fingerprint density at radius 2 is 1.71 bits per heavy atom. The van der Waals surface area contributed by atoms with Gasteiger partial charge in [-0.05, 0) is 80.4 Å². The number of nitrogens with zero attached hydrogens (tertiary/aromatic N) is 5. The van der Waals surface area contributed by atoms with Crippen molar-refractivity contribution in [3.05, 3.63) is 60.3 Å². The fraction of sp³-hybridized carbons (Fsp3) is 0.370. The van der Waals surface area contributed by atoms with Crippen molar-refractivity contribution in [1.82, 2.24) is 25.1 Å². The molecule has 7 nitrogen and oxygen atoms in total. The van der Waals surface area contributed by atoms with Gasteiger partial charge < -0.3 is 15.1 Å². The summed E-state index contributed by atoms with van der Waals surface area (Å²) < 4.78 is 0. The molecular formula is C27H35N7S. The fourth-order valence-electron chi connectivity index (χ4n) is 5.20. The standard InChI is InChI=1S/C27H31N7S.2H2/c1-19-16-25(32-31-19)28-24-18-26(34-14-10-22(11-15-34)33-12-4-5-13-33)30-27(29-24)35-23-9-8-20-6-2-3-7-21(20)17-23;;/h2-3,6-9,16-18,22H,4-5,10-15H2,1H3,(H2,28,29,30,31,32);2*1H. The van der Waals surface area contributed by atoms with Gasteiger partial charge in [-0.15, -0.1) is 0 Å². The highest BCUT2D eigenvalue weighted by atomic mass is 32.2. The molecule has 35 heavy (non-hydrogen) atoms. The Hall–Kier alpha value is -3.10. The monoisotopic (exact) mass is 489 g/mol. The summed E-state index contributed by atoms with van der Waals surface area (Å²) in [6.45, 7) is 6.58. The molecule has 0 radical (unpaired) electrons. The molecule has 0 spiro atoms. The molecule has 184 valence electrons. The number of aryl methyl sites for hydroxylation is 1. The molecule has 2 aliphatic heterocycles. The summed E-state index contributed by atoms with van der Waals surface area (Å²) in [4.78, 5) is 16.1. The van der Waals surface area contributed by atoms with Gasteiger partial charge in [-0.3, -0.25) is 5.10 Å². The van der Waals surface area contributed by atoms with E-state index in [1.54, 1.807) is 11.8 Å². The van der Waals surface area contributed by atoms with Gasteiger partial charge in [0.2, 0.25) is 0 Å². The zero-order valence-electron chi connectivity index (χ0n) is 20.1. The Morgan fingerprint density at radius 3 is 2.49 bits per heavy atom. The highest BCUT2D eigenvalue weighted by Crippen LogP contribution is 2.32. The van der Waals surface area contributed by atoms with Gasteiger partial charge in [0, 0.05) is 44.7 Å². The zero-order chi connectivity index (χ0) is 23.6. The Bertz CT molecular complexity index is 1320. The van der Waals surface area contributed by atoms with E-state index in [0.29, 0.717) is 6.04 Å². The topological polar surface area (TPSA) is 73.0 Å². The van der Waals surface area contributed by atoms with Gasteiger partial charge in [0.25, 0.3) is 0 Å². The van der Waals surface area contributed by atoms with E-state index in [0.717, 1.165) is 46.3 Å². The van der Waals surface area contributed by atoms with Crippen LogP contribution in [0.15, 0.2) is 64.6 Å². The van der Waals surface area contributed by atoms with Crippen molar-refractivity contribution >= 4 is 40.0 Å². The van der Waals surface area contributed by atoms with Crippen molar-refractivity contribution in [2.24, 2.45) is 0 Å². The van der Waals surface area contributed by atoms with Crippen LogP contribution in [0, 0.1) is 6.92 Å². The molecule has 2 N–H and O–H groups in total. The summed E-state index contributed by atoms with van der Waals surface area (Å²) in [5.74, 6) is 2.52. The normalized spacial score (nSPS) is 17.3. The third-order valence-electron chi connectivity index (χ3n) is 7.03. The minimum atomic E-state index is 0. The maximum absolute atomic E-state index is 5.00. The maximum Gasteiger partial charge on any atom is 0.196 e. The van der Waals surface area contributed by atoms with Crippen LogP contribution in [-0.2, 0) is 0 Å². The Labute approximate surface area is 213 Å². The Morgan fingerprint density at radius 1 is 0.914 bits per heavy atom. The summed E-state index contributed by atoms with van der Waals surface area (Å²) >= 11 is 1.61. The molecule has 0 atom stereocenters. The van der Waals surface area contributed by atoms with Gasteiger partial charge in [-0.2, -0.15) is 5.10 Å². The minimum Gasteiger partial charge on any atom is -0.356 e. The molecule has 0 bridgehead atoms. The van der Waals surface area contributed by atoms with Crippen molar-refractivity contribution in [3.8, 4) is 0 Å². The van der Waals surface area contributed by atoms with Gasteiger partial charge in [0.05, 0.1) is 0 Å². The SMILES string of the molecule is Cc1cc(Nc2cc(N3CCC(N4CCCC4)CC3)nc(Sc3ccc4ccccc4c3)n2)n[nH]1.[HH].[HH]. The number of H-pyrrole nitrogens is 1. The van der Waals surface area contributed by atoms with Crippen LogP contribution in [0.2, 0.25) is 0 Å². The molecule has 0 aliphatic carbocycles. The highest BCUT2D eigenvalue weighted by Gasteiger charge is 2.27. The van der Waals surface area contributed by atoms with Gasteiger partial charge in [0.15, 0.2) is 11.0 Å². The number of rotatable bonds is 6. The molecule has 2 saturated heterocycles. The summed E-state index contributed by atoms with van der Waals surface area (Å²) in [6, 6.07) is 19.7. The predicted octanol–water partition coefficient (Wildman–Crippen LogP) is 6.11. The number of anilines is 3. The van der Waals surface area contributed by atoms with E-state index >= 15 is 0 Å². The van der Waals surface area contributed by atoms with Crippen molar-refractivity contribution in [1.29, 1.82) is 0 Å². The molecule has 8 heteroatoms. The number of fused-ring (bicyclic) bond motifs is 1. The average molecular weight is 490 g/mol. The van der Waals surface area contributed by atoms with Crippen LogP contribution in [0.5, 0.6) is 0 Å². The molecule has 2 aromatic carbocycles. The zero-order valence-corrected chi connectivity index (χ0v) is 20.9. The second-order valence-corrected chi connectivity index (χ2v) is 10.6. The van der Waals surface area contributed by atoms with Crippen LogP contribution >= 0.6 is 11.8 Å². The van der Waals surface area contributed by atoms with Crippen molar-refractivity contribution in [2.75, 3.05) is 36.4 Å². The van der Waals surface area contributed by atoms with Gasteiger partial charge >= 0.3 is 0 Å². The largest absolute Gasteiger partial charge is 0.356 e. The number of piperidine rings is 1. The molecule has 0 saturated carbocycles. The Balaban J connectivity index is 0.00000160. The lowest BCUT2D eigenvalue weighted by Gasteiger charge is -2.37. The molecule has 2 aromatic heterocycles. The highest BCUT2D eigenvalue weighted by molar-refractivity contribution is 7.99. The second kappa shape index (κ2) is 9.87. The Kier molecular flexibility index (Phi) is 6.31. The first kappa shape index (κ1) is 22.4. The number of benzene rings is 2. The number of likely N-dealkylation sites (tertiary alicyclic amines) is 1. The molecule has 4 aromatic rings. The third-order valence-corrected chi connectivity index (χ3v) is 7.88. The molecular weight excluding hydrogens is 454 g/mol. The van der Waals surface area contributed by atoms with Crippen LogP contribution in [0.1, 0.15) is 34.2 Å². The first-order valence-corrected chi connectivity index (χ1v) is 13.3. The van der Waals surface area contributed by atoms with Crippen LogP contribution in [-0.4, -0.2) is 57.3 Å². The molecule has 4 heterocycles. The molecule has 2 aliphatic rings. The van der Waals surface area contributed by atoms with E-state index in [1.165, 1.54) is 49.5 Å². The lowest BCUT2D eigenvalue weighted by Crippen LogP contribution is -2.44. The number of nitrogens with one attached hydrogen (secondary N) is 2. The van der Waals surface area contributed by atoms with Crippen molar-refractivity contribution < 1.29 is 2.85 Å². The number of hydrogen-bond acceptors (Lipinski definition) is 7. The minimum absolute atomic E-state index is 0. The fourth-order valence-corrected chi connectivity index (χ4v) is 6.02. The van der Waals surface area contributed by atoms with E-state index in [2.05, 4.69) is 73.8 Å². The van der Waals surface area contributed by atoms with Crippen molar-refractivity contribution in [3.63, 3.8) is 0 Å². The first-order chi connectivity index (χ1) is 17.2. The van der Waals surface area contributed by atoms with E-state index in [-0.39, 0.29) is 2.85 Å². The van der Waals surface area contributed by atoms with E-state index in [4.69, 9.17) is 9.97 Å². The van der Waals surface area contributed by atoms with Crippen LogP contribution in [0.4, 0.5) is 17.5 Å². The molecule has 6 rings (SSSR count). The van der Waals surface area contributed by atoms with E-state index in [9.17, 15) is 0 Å². The van der Waals surface area contributed by atoms with Crippen molar-refractivity contribution in [2.45, 2.75) is 48.7 Å². The quantitative estimate of drug-likeness (QED) is 0.316. The molecule has 0 amide bonds. The molecule has 2 fully saturated rings. The lowest BCUT2D eigenvalue weighted by atomic mass is 10.0. The summed E-state index contributed by atoms with van der Waals surface area (Å²) in [5, 5.41) is 13.9. The van der Waals surface area contributed by atoms with Crippen LogP contribution in [0.25, 0.3) is 10.8 Å². The summed E-state index contributed by atoms with van der Waals surface area (Å²) in [6.07, 6.45) is 5.09. The van der Waals surface area contributed by atoms with E-state index in [1.807, 2.05) is 13.0 Å². The number of aromatic amines is 1. The summed E-state index contributed by atoms with van der Waals surface area (Å²) in [7, 11) is 0. The van der Waals surface area contributed by atoms with Gasteiger partial charge in [-0.1, -0.05) is 30.3 Å². The number of hydrogen-bond donors (Lipinski definition) is 2. The first-order valence-electron chi connectivity index (χ1n) is 12.5. The van der Waals surface area contributed by atoms with Crippen LogP contribution in [0.3, 0.4) is 0 Å². The predicted molar refractivity (Wildman–Crippen MR) is 147 cm³/mol. The number of aromatic nitrogens is 4. The lowest BCUT2D eigenvalue weighted by molar-refractivity contribution is 0.207. The third kappa shape index (κ3) is 5.13. The second-order valence-electron chi connectivity index (χ2n) is 9.53. The maximum atomic E-state index is 5.00. The van der Waals surface area contributed by atoms with Gasteiger partial charge in [0.1, 0.15) is 11.6 Å².